The van der Waals surface area contributed by atoms with E-state index in [9.17, 15) is 0 Å². The van der Waals surface area contributed by atoms with Crippen molar-refractivity contribution in [2.45, 2.75) is 19.4 Å². The first-order chi connectivity index (χ1) is 8.16. The Bertz CT molecular complexity index is 450. The van der Waals surface area contributed by atoms with Crippen molar-refractivity contribution >= 4 is 22.8 Å². The van der Waals surface area contributed by atoms with E-state index in [0.29, 0.717) is 11.7 Å². The standard InChI is InChI=1S/C13H17N3S/c1-10(8-12-4-3-7-17-12)16(2)13-6-5-11(14)9-15-13/h3-7,9-10H,8,14H2,1-2H3. The highest BCUT2D eigenvalue weighted by molar-refractivity contribution is 7.09. The van der Waals surface area contributed by atoms with Crippen LogP contribution >= 0.6 is 11.3 Å². The molecule has 0 radical (unpaired) electrons. The number of likely N-dealkylation sites (N-methyl/N-ethyl adjacent to an activating group) is 1. The Hall–Kier alpha value is -1.55. The Morgan fingerprint density at radius 1 is 1.41 bits per heavy atom. The molecule has 4 heteroatoms. The first-order valence-electron chi connectivity index (χ1n) is 5.63. The third-order valence-corrected chi connectivity index (χ3v) is 3.77. The van der Waals surface area contributed by atoms with E-state index in [4.69, 9.17) is 5.73 Å². The van der Waals surface area contributed by atoms with Gasteiger partial charge in [-0.05, 0) is 30.5 Å². The number of pyridine rings is 1. The molecule has 0 aliphatic carbocycles. The van der Waals surface area contributed by atoms with E-state index in [0.717, 1.165) is 12.2 Å². The van der Waals surface area contributed by atoms with Crippen molar-refractivity contribution in [1.29, 1.82) is 0 Å². The van der Waals surface area contributed by atoms with Crippen LogP contribution in [0.1, 0.15) is 11.8 Å². The molecular formula is C13H17N3S. The average Bonchev–Trinajstić information content (AvgIpc) is 2.82. The van der Waals surface area contributed by atoms with Crippen molar-refractivity contribution in [1.82, 2.24) is 4.98 Å². The van der Waals surface area contributed by atoms with Gasteiger partial charge in [0.15, 0.2) is 0 Å². The number of thiophene rings is 1. The summed E-state index contributed by atoms with van der Waals surface area (Å²) in [7, 11) is 2.07. The molecule has 90 valence electrons. The van der Waals surface area contributed by atoms with Crippen LogP contribution < -0.4 is 10.6 Å². The molecule has 0 saturated heterocycles. The average molecular weight is 247 g/mol. The Kier molecular flexibility index (Phi) is 3.64. The molecule has 0 fully saturated rings. The molecule has 0 bridgehead atoms. The third kappa shape index (κ3) is 2.97. The van der Waals surface area contributed by atoms with E-state index in [-0.39, 0.29) is 0 Å². The SMILES string of the molecule is CC(Cc1cccs1)N(C)c1ccc(N)cn1. The van der Waals surface area contributed by atoms with E-state index < -0.39 is 0 Å². The monoisotopic (exact) mass is 247 g/mol. The van der Waals surface area contributed by atoms with Gasteiger partial charge in [0.1, 0.15) is 5.82 Å². The summed E-state index contributed by atoms with van der Waals surface area (Å²) in [5, 5.41) is 2.11. The normalized spacial score (nSPS) is 12.4. The van der Waals surface area contributed by atoms with Gasteiger partial charge in [-0.15, -0.1) is 11.3 Å². The summed E-state index contributed by atoms with van der Waals surface area (Å²) in [5.74, 6) is 0.961. The molecule has 2 rings (SSSR count). The lowest BCUT2D eigenvalue weighted by Crippen LogP contribution is -2.31. The number of aromatic nitrogens is 1. The minimum atomic E-state index is 0.421. The third-order valence-electron chi connectivity index (χ3n) is 2.87. The Balaban J connectivity index is 2.04. The maximum Gasteiger partial charge on any atom is 0.128 e. The lowest BCUT2D eigenvalue weighted by atomic mass is 10.2. The Morgan fingerprint density at radius 3 is 2.82 bits per heavy atom. The topological polar surface area (TPSA) is 42.1 Å². The molecule has 3 nitrogen and oxygen atoms in total. The van der Waals surface area contributed by atoms with Crippen LogP contribution in [0, 0.1) is 0 Å². The molecule has 0 aliphatic heterocycles. The smallest absolute Gasteiger partial charge is 0.128 e. The van der Waals surface area contributed by atoms with Gasteiger partial charge >= 0.3 is 0 Å². The summed E-state index contributed by atoms with van der Waals surface area (Å²) in [5.41, 5.74) is 6.34. The summed E-state index contributed by atoms with van der Waals surface area (Å²) < 4.78 is 0. The van der Waals surface area contributed by atoms with Crippen molar-refractivity contribution in [2.24, 2.45) is 0 Å². The highest BCUT2D eigenvalue weighted by Gasteiger charge is 2.12. The first-order valence-corrected chi connectivity index (χ1v) is 6.51. The van der Waals surface area contributed by atoms with Gasteiger partial charge in [0.05, 0.1) is 11.9 Å². The largest absolute Gasteiger partial charge is 0.397 e. The molecule has 1 atom stereocenters. The predicted octanol–water partition coefficient (Wildman–Crippen LogP) is 2.79. The number of nitrogen functional groups attached to an aromatic ring is 1. The summed E-state index contributed by atoms with van der Waals surface area (Å²) >= 11 is 1.80. The predicted molar refractivity (Wildman–Crippen MR) is 74.5 cm³/mol. The van der Waals surface area contributed by atoms with Crippen molar-refractivity contribution in [2.75, 3.05) is 17.7 Å². The van der Waals surface area contributed by atoms with Crippen molar-refractivity contribution in [3.8, 4) is 0 Å². The molecular weight excluding hydrogens is 230 g/mol. The van der Waals surface area contributed by atoms with Crippen LogP contribution in [0.4, 0.5) is 11.5 Å². The summed E-state index contributed by atoms with van der Waals surface area (Å²) in [6, 6.07) is 8.53. The van der Waals surface area contributed by atoms with Crippen LogP contribution in [0.5, 0.6) is 0 Å². The van der Waals surface area contributed by atoms with Crippen LogP contribution in [0.2, 0.25) is 0 Å². The minimum Gasteiger partial charge on any atom is -0.397 e. The van der Waals surface area contributed by atoms with Crippen LogP contribution in [-0.4, -0.2) is 18.1 Å². The van der Waals surface area contributed by atoms with Gasteiger partial charge in [-0.1, -0.05) is 6.07 Å². The van der Waals surface area contributed by atoms with Crippen molar-refractivity contribution in [3.63, 3.8) is 0 Å². The molecule has 2 aromatic heterocycles. The molecule has 2 heterocycles. The summed E-state index contributed by atoms with van der Waals surface area (Å²) in [4.78, 5) is 7.92. The second-order valence-corrected chi connectivity index (χ2v) is 5.23. The summed E-state index contributed by atoms with van der Waals surface area (Å²) in [6.45, 7) is 2.21. The lowest BCUT2D eigenvalue weighted by Gasteiger charge is -2.25. The zero-order valence-electron chi connectivity index (χ0n) is 10.1. The molecule has 2 aromatic rings. The second kappa shape index (κ2) is 5.19. The van der Waals surface area contributed by atoms with Crippen molar-refractivity contribution < 1.29 is 0 Å². The summed E-state index contributed by atoms with van der Waals surface area (Å²) in [6.07, 6.45) is 2.74. The fourth-order valence-corrected chi connectivity index (χ4v) is 2.52. The number of hydrogen-bond donors (Lipinski definition) is 1. The van der Waals surface area contributed by atoms with Gasteiger partial charge in [0, 0.05) is 24.4 Å². The number of anilines is 2. The van der Waals surface area contributed by atoms with Gasteiger partial charge < -0.3 is 10.6 Å². The molecule has 17 heavy (non-hydrogen) atoms. The maximum absolute atomic E-state index is 5.63. The highest BCUT2D eigenvalue weighted by atomic mass is 32.1. The first kappa shape index (κ1) is 11.9. The Labute approximate surface area is 106 Å². The van der Waals surface area contributed by atoms with E-state index >= 15 is 0 Å². The van der Waals surface area contributed by atoms with E-state index in [1.54, 1.807) is 17.5 Å². The van der Waals surface area contributed by atoms with Crippen LogP contribution in [0.3, 0.4) is 0 Å². The van der Waals surface area contributed by atoms with Crippen molar-refractivity contribution in [3.05, 3.63) is 40.7 Å². The Morgan fingerprint density at radius 2 is 2.24 bits per heavy atom. The van der Waals surface area contributed by atoms with Crippen LogP contribution in [0.25, 0.3) is 0 Å². The number of hydrogen-bond acceptors (Lipinski definition) is 4. The lowest BCUT2D eigenvalue weighted by molar-refractivity contribution is 0.680. The molecule has 0 aromatic carbocycles. The van der Waals surface area contributed by atoms with Gasteiger partial charge in [-0.3, -0.25) is 0 Å². The molecule has 0 saturated carbocycles. The highest BCUT2D eigenvalue weighted by Crippen LogP contribution is 2.18. The number of nitrogens with two attached hydrogens (primary N) is 1. The van der Waals surface area contributed by atoms with Gasteiger partial charge in [-0.25, -0.2) is 4.98 Å². The number of rotatable bonds is 4. The molecule has 2 N–H and O–H groups in total. The zero-order chi connectivity index (χ0) is 12.3. The maximum atomic E-state index is 5.63. The van der Waals surface area contributed by atoms with E-state index in [1.165, 1.54) is 4.88 Å². The fourth-order valence-electron chi connectivity index (χ4n) is 1.69. The minimum absolute atomic E-state index is 0.421. The van der Waals surface area contributed by atoms with Crippen LogP contribution in [0.15, 0.2) is 35.8 Å². The second-order valence-electron chi connectivity index (χ2n) is 4.19. The molecule has 0 amide bonds. The van der Waals surface area contributed by atoms with Gasteiger partial charge in [0.25, 0.3) is 0 Å². The molecule has 0 spiro atoms. The number of nitrogens with zero attached hydrogens (tertiary/aromatic N) is 2. The fraction of sp³-hybridized carbons (Fsp3) is 0.308. The van der Waals surface area contributed by atoms with Gasteiger partial charge in [-0.2, -0.15) is 0 Å². The molecule has 0 aliphatic rings. The van der Waals surface area contributed by atoms with Crippen LogP contribution in [-0.2, 0) is 6.42 Å². The van der Waals surface area contributed by atoms with Gasteiger partial charge in [0.2, 0.25) is 0 Å². The quantitative estimate of drug-likeness (QED) is 0.903. The molecule has 1 unspecified atom stereocenters. The zero-order valence-corrected chi connectivity index (χ0v) is 10.9. The van der Waals surface area contributed by atoms with E-state index in [1.807, 2.05) is 12.1 Å². The van der Waals surface area contributed by atoms with E-state index in [2.05, 4.69) is 41.4 Å².